The molecule has 0 amide bonds. The molecule has 2 aliphatic rings. The van der Waals surface area contributed by atoms with Gasteiger partial charge in [-0.1, -0.05) is 26.2 Å². The van der Waals surface area contributed by atoms with Gasteiger partial charge in [-0.05, 0) is 44.4 Å². The fourth-order valence-corrected chi connectivity index (χ4v) is 4.59. The van der Waals surface area contributed by atoms with Crippen molar-refractivity contribution in [3.63, 3.8) is 0 Å². The van der Waals surface area contributed by atoms with E-state index in [2.05, 4.69) is 6.92 Å². The molecular weight excluding hydrogens is 279 g/mol. The summed E-state index contributed by atoms with van der Waals surface area (Å²) in [6.45, 7) is 2.53. The molecule has 3 N–H and O–H groups in total. The Balaban J connectivity index is 2.11. The Labute approximate surface area is 125 Å². The molecule has 0 aliphatic heterocycles. The Hall–Kier alpha value is -0.290. The van der Waals surface area contributed by atoms with E-state index in [-0.39, 0.29) is 31.1 Å². The third-order valence-corrected chi connectivity index (χ3v) is 6.18. The zero-order chi connectivity index (χ0) is 15.7. The molecule has 5 heteroatoms. The van der Waals surface area contributed by atoms with Crippen LogP contribution in [-0.4, -0.2) is 23.4 Å². The van der Waals surface area contributed by atoms with Crippen LogP contribution in [0, 0.1) is 17.3 Å². The lowest BCUT2D eigenvalue weighted by Gasteiger charge is -2.53. The summed E-state index contributed by atoms with van der Waals surface area (Å²) in [6.07, 6.45) is 1.39. The maximum Gasteiger partial charge on any atom is 0.391 e. The number of halogens is 3. The molecule has 0 saturated heterocycles. The summed E-state index contributed by atoms with van der Waals surface area (Å²) in [5.41, 5.74) is 4.63. The SMILES string of the molecule is CCC1CCCC(CN)(C2(O)CCC(C(F)(F)F)CC2)C1. The third-order valence-electron chi connectivity index (χ3n) is 6.18. The second kappa shape index (κ2) is 6.07. The average Bonchev–Trinajstić information content (AvgIpc) is 2.46. The molecule has 0 heterocycles. The number of rotatable bonds is 3. The predicted molar refractivity (Wildman–Crippen MR) is 76.7 cm³/mol. The van der Waals surface area contributed by atoms with E-state index in [1.165, 1.54) is 0 Å². The minimum Gasteiger partial charge on any atom is -0.389 e. The Morgan fingerprint density at radius 2 is 1.76 bits per heavy atom. The van der Waals surface area contributed by atoms with Gasteiger partial charge in [-0.25, -0.2) is 0 Å². The molecule has 2 aliphatic carbocycles. The van der Waals surface area contributed by atoms with E-state index in [1.807, 2.05) is 0 Å². The van der Waals surface area contributed by atoms with Gasteiger partial charge in [-0.15, -0.1) is 0 Å². The normalized spacial score (nSPS) is 42.0. The van der Waals surface area contributed by atoms with Crippen molar-refractivity contribution in [2.24, 2.45) is 23.0 Å². The number of hydrogen-bond donors (Lipinski definition) is 2. The zero-order valence-electron chi connectivity index (χ0n) is 12.9. The van der Waals surface area contributed by atoms with Gasteiger partial charge in [0.2, 0.25) is 0 Å². The number of nitrogens with two attached hydrogens (primary N) is 1. The Morgan fingerprint density at radius 1 is 1.14 bits per heavy atom. The van der Waals surface area contributed by atoms with Crippen molar-refractivity contribution in [1.29, 1.82) is 0 Å². The van der Waals surface area contributed by atoms with Crippen molar-refractivity contribution in [2.45, 2.75) is 76.5 Å². The van der Waals surface area contributed by atoms with Crippen molar-refractivity contribution < 1.29 is 18.3 Å². The highest BCUT2D eigenvalue weighted by Gasteiger charge is 2.54. The highest BCUT2D eigenvalue weighted by Crippen LogP contribution is 2.54. The molecule has 0 aromatic rings. The first-order valence-electron chi connectivity index (χ1n) is 8.25. The van der Waals surface area contributed by atoms with Crippen molar-refractivity contribution in [3.8, 4) is 0 Å². The summed E-state index contributed by atoms with van der Waals surface area (Å²) in [4.78, 5) is 0. The van der Waals surface area contributed by atoms with Crippen molar-refractivity contribution in [3.05, 3.63) is 0 Å². The average molecular weight is 307 g/mol. The van der Waals surface area contributed by atoms with Crippen LogP contribution >= 0.6 is 0 Å². The molecule has 2 saturated carbocycles. The van der Waals surface area contributed by atoms with Gasteiger partial charge in [0.05, 0.1) is 11.5 Å². The quantitative estimate of drug-likeness (QED) is 0.827. The number of alkyl halides is 3. The van der Waals surface area contributed by atoms with E-state index in [1.54, 1.807) is 0 Å². The van der Waals surface area contributed by atoms with Gasteiger partial charge >= 0.3 is 6.18 Å². The summed E-state index contributed by atoms with van der Waals surface area (Å²) in [7, 11) is 0. The molecule has 0 aromatic heterocycles. The van der Waals surface area contributed by atoms with Gasteiger partial charge in [-0.3, -0.25) is 0 Å². The van der Waals surface area contributed by atoms with E-state index in [0.29, 0.717) is 12.5 Å². The summed E-state index contributed by atoms with van der Waals surface area (Å²) >= 11 is 0. The summed E-state index contributed by atoms with van der Waals surface area (Å²) in [5.74, 6) is -0.704. The van der Waals surface area contributed by atoms with Gasteiger partial charge in [0, 0.05) is 12.0 Å². The highest BCUT2D eigenvalue weighted by molar-refractivity contribution is 5.04. The molecule has 2 rings (SSSR count). The first-order valence-corrected chi connectivity index (χ1v) is 8.25. The molecule has 2 unspecified atom stereocenters. The van der Waals surface area contributed by atoms with Crippen LogP contribution in [-0.2, 0) is 0 Å². The Bertz CT molecular complexity index is 350. The molecule has 0 bridgehead atoms. The van der Waals surface area contributed by atoms with Gasteiger partial charge in [0.25, 0.3) is 0 Å². The maximum absolute atomic E-state index is 12.8. The van der Waals surface area contributed by atoms with Gasteiger partial charge in [0.1, 0.15) is 0 Å². The smallest absolute Gasteiger partial charge is 0.389 e. The van der Waals surface area contributed by atoms with Crippen LogP contribution < -0.4 is 5.73 Å². The summed E-state index contributed by atoms with van der Waals surface area (Å²) < 4.78 is 38.5. The molecule has 2 atom stereocenters. The number of hydrogen-bond acceptors (Lipinski definition) is 2. The standard InChI is InChI=1S/C16H28F3NO/c1-2-12-4-3-7-14(10-12,11-20)15(21)8-5-13(6-9-15)16(17,18)19/h12-13,21H,2-11,20H2,1H3. The fraction of sp³-hybridized carbons (Fsp3) is 1.00. The van der Waals surface area contributed by atoms with Crippen LogP contribution in [0.5, 0.6) is 0 Å². The molecule has 21 heavy (non-hydrogen) atoms. The van der Waals surface area contributed by atoms with E-state index >= 15 is 0 Å². The third kappa shape index (κ3) is 3.24. The first-order chi connectivity index (χ1) is 9.76. The van der Waals surface area contributed by atoms with Crippen LogP contribution in [0.2, 0.25) is 0 Å². The Morgan fingerprint density at radius 3 is 2.24 bits per heavy atom. The monoisotopic (exact) mass is 307 g/mol. The molecule has 0 aromatic carbocycles. The highest BCUT2D eigenvalue weighted by atomic mass is 19.4. The molecule has 2 fully saturated rings. The second-order valence-electron chi connectivity index (χ2n) is 7.20. The van der Waals surface area contributed by atoms with Crippen LogP contribution in [0.25, 0.3) is 0 Å². The van der Waals surface area contributed by atoms with E-state index in [9.17, 15) is 18.3 Å². The molecule has 2 nitrogen and oxygen atoms in total. The lowest BCUT2D eigenvalue weighted by atomic mass is 9.55. The predicted octanol–water partition coefficient (Wildman–Crippen LogP) is 4.02. The van der Waals surface area contributed by atoms with Crippen molar-refractivity contribution >= 4 is 0 Å². The van der Waals surface area contributed by atoms with Gasteiger partial charge in [-0.2, -0.15) is 13.2 Å². The largest absolute Gasteiger partial charge is 0.391 e. The van der Waals surface area contributed by atoms with Crippen molar-refractivity contribution in [2.75, 3.05) is 6.54 Å². The van der Waals surface area contributed by atoms with Gasteiger partial charge < -0.3 is 10.8 Å². The minimum absolute atomic E-state index is 0.0402. The van der Waals surface area contributed by atoms with Crippen LogP contribution in [0.3, 0.4) is 0 Å². The van der Waals surface area contributed by atoms with Crippen LogP contribution in [0.1, 0.15) is 64.7 Å². The van der Waals surface area contributed by atoms with Crippen LogP contribution in [0.4, 0.5) is 13.2 Å². The minimum atomic E-state index is -4.13. The Kier molecular flexibility index (Phi) is 4.94. The number of aliphatic hydroxyl groups is 1. The van der Waals surface area contributed by atoms with E-state index in [4.69, 9.17) is 5.73 Å². The topological polar surface area (TPSA) is 46.2 Å². The fourth-order valence-electron chi connectivity index (χ4n) is 4.59. The van der Waals surface area contributed by atoms with Crippen LogP contribution in [0.15, 0.2) is 0 Å². The first kappa shape index (κ1) is 17.1. The summed E-state index contributed by atoms with van der Waals surface area (Å²) in [5, 5.41) is 11.1. The lowest BCUT2D eigenvalue weighted by molar-refractivity contribution is -0.207. The lowest BCUT2D eigenvalue weighted by Crippen LogP contribution is -2.57. The molecule has 0 radical (unpaired) electrons. The van der Waals surface area contributed by atoms with Crippen molar-refractivity contribution in [1.82, 2.24) is 0 Å². The maximum atomic E-state index is 12.8. The molecule has 124 valence electrons. The zero-order valence-corrected chi connectivity index (χ0v) is 12.9. The molecular formula is C16H28F3NO. The van der Waals surface area contributed by atoms with Gasteiger partial charge in [0.15, 0.2) is 0 Å². The second-order valence-corrected chi connectivity index (χ2v) is 7.20. The molecule has 0 spiro atoms. The summed E-state index contributed by atoms with van der Waals surface area (Å²) in [6, 6.07) is 0. The van der Waals surface area contributed by atoms with E-state index < -0.39 is 17.7 Å². The van der Waals surface area contributed by atoms with E-state index in [0.717, 1.165) is 32.1 Å².